The molecule has 23 heavy (non-hydrogen) atoms. The van der Waals surface area contributed by atoms with Crippen LogP contribution < -0.4 is 5.43 Å². The molecule has 1 aromatic heterocycles. The molecule has 0 fully saturated rings. The molecular formula is C15H17N3O3S2. The van der Waals surface area contributed by atoms with Crippen LogP contribution in [-0.2, 0) is 10.0 Å². The van der Waals surface area contributed by atoms with E-state index in [1.54, 1.807) is 6.21 Å². The summed E-state index contributed by atoms with van der Waals surface area (Å²) >= 11 is 1.52. The van der Waals surface area contributed by atoms with Gasteiger partial charge in [-0.15, -0.1) is 11.3 Å². The van der Waals surface area contributed by atoms with Gasteiger partial charge >= 0.3 is 0 Å². The van der Waals surface area contributed by atoms with Crippen molar-refractivity contribution in [2.45, 2.75) is 11.8 Å². The molecule has 1 amide bonds. The van der Waals surface area contributed by atoms with E-state index in [0.717, 1.165) is 14.7 Å². The summed E-state index contributed by atoms with van der Waals surface area (Å²) in [5.41, 5.74) is 3.71. The number of amides is 1. The van der Waals surface area contributed by atoms with E-state index in [-0.39, 0.29) is 10.5 Å². The number of hydrogen-bond acceptors (Lipinski definition) is 5. The van der Waals surface area contributed by atoms with Crippen molar-refractivity contribution in [3.8, 4) is 0 Å². The van der Waals surface area contributed by atoms with Crippen molar-refractivity contribution in [3.63, 3.8) is 0 Å². The van der Waals surface area contributed by atoms with Gasteiger partial charge in [0.2, 0.25) is 10.0 Å². The zero-order valence-corrected chi connectivity index (χ0v) is 14.6. The third kappa shape index (κ3) is 4.04. The van der Waals surface area contributed by atoms with E-state index in [4.69, 9.17) is 0 Å². The van der Waals surface area contributed by atoms with Crippen molar-refractivity contribution < 1.29 is 13.2 Å². The van der Waals surface area contributed by atoms with E-state index in [0.29, 0.717) is 0 Å². The average Bonchev–Trinajstić information content (AvgIpc) is 2.92. The number of carbonyl (C=O) groups is 1. The summed E-state index contributed by atoms with van der Waals surface area (Å²) in [6, 6.07) is 7.80. The Balaban J connectivity index is 2.15. The van der Waals surface area contributed by atoms with Crippen LogP contribution in [0.15, 0.2) is 45.7 Å². The van der Waals surface area contributed by atoms with Crippen LogP contribution in [0.3, 0.4) is 0 Å². The fraction of sp³-hybridized carbons (Fsp3) is 0.200. The van der Waals surface area contributed by atoms with E-state index >= 15 is 0 Å². The maximum atomic E-state index is 12.1. The third-order valence-corrected chi connectivity index (χ3v) is 5.89. The minimum absolute atomic E-state index is 0.0632. The predicted octanol–water partition coefficient (Wildman–Crippen LogP) is 2.07. The largest absolute Gasteiger partial charge is 0.271 e. The van der Waals surface area contributed by atoms with Crippen LogP contribution in [0.2, 0.25) is 0 Å². The Hall–Kier alpha value is -2.03. The summed E-state index contributed by atoms with van der Waals surface area (Å²) in [5, 5.41) is 5.84. The minimum Gasteiger partial charge on any atom is -0.267 e. The Kier molecular flexibility index (Phi) is 5.30. The lowest BCUT2D eigenvalue weighted by Crippen LogP contribution is -2.23. The molecule has 1 aromatic carbocycles. The molecule has 8 heteroatoms. The Bertz CT molecular complexity index is 839. The van der Waals surface area contributed by atoms with E-state index in [1.807, 2.05) is 18.4 Å². The lowest BCUT2D eigenvalue weighted by Gasteiger charge is -2.11. The number of thiophene rings is 1. The highest BCUT2D eigenvalue weighted by Gasteiger charge is 2.18. The van der Waals surface area contributed by atoms with Crippen LogP contribution >= 0.6 is 11.3 Å². The van der Waals surface area contributed by atoms with Crippen molar-refractivity contribution in [2.75, 3.05) is 14.1 Å². The maximum absolute atomic E-state index is 12.1. The molecule has 0 atom stereocenters. The number of benzene rings is 1. The summed E-state index contributed by atoms with van der Waals surface area (Å²) in [6.07, 6.45) is 1.57. The van der Waals surface area contributed by atoms with Crippen LogP contribution in [0.25, 0.3) is 0 Å². The van der Waals surface area contributed by atoms with Gasteiger partial charge in [-0.3, -0.25) is 4.79 Å². The summed E-state index contributed by atoms with van der Waals surface area (Å²) < 4.78 is 25.3. The first-order valence-electron chi connectivity index (χ1n) is 6.72. The van der Waals surface area contributed by atoms with Crippen LogP contribution in [-0.4, -0.2) is 38.9 Å². The normalized spacial score (nSPS) is 12.0. The van der Waals surface area contributed by atoms with Crippen molar-refractivity contribution >= 4 is 33.5 Å². The molecule has 0 saturated heterocycles. The van der Waals surface area contributed by atoms with Gasteiger partial charge in [-0.1, -0.05) is 6.07 Å². The SMILES string of the molecule is Cc1ccsc1/C=N\NC(=O)c1cccc(S(=O)(=O)N(C)C)c1. The van der Waals surface area contributed by atoms with Gasteiger partial charge in [0, 0.05) is 24.5 Å². The van der Waals surface area contributed by atoms with Gasteiger partial charge < -0.3 is 0 Å². The third-order valence-electron chi connectivity index (χ3n) is 3.12. The molecule has 122 valence electrons. The second-order valence-electron chi connectivity index (χ2n) is 4.98. The van der Waals surface area contributed by atoms with Gasteiger partial charge in [0.1, 0.15) is 0 Å². The topological polar surface area (TPSA) is 78.8 Å². The smallest absolute Gasteiger partial charge is 0.267 e. The van der Waals surface area contributed by atoms with Gasteiger partial charge in [0.15, 0.2) is 0 Å². The lowest BCUT2D eigenvalue weighted by atomic mass is 10.2. The summed E-state index contributed by atoms with van der Waals surface area (Å²) in [7, 11) is -0.698. The quantitative estimate of drug-likeness (QED) is 0.661. The maximum Gasteiger partial charge on any atom is 0.271 e. The van der Waals surface area contributed by atoms with Gasteiger partial charge in [-0.2, -0.15) is 5.10 Å². The molecule has 0 unspecified atom stereocenters. The molecule has 0 radical (unpaired) electrons. The summed E-state index contributed by atoms with van der Waals surface area (Å²) in [4.78, 5) is 13.1. The summed E-state index contributed by atoms with van der Waals surface area (Å²) in [5.74, 6) is -0.466. The average molecular weight is 351 g/mol. The second-order valence-corrected chi connectivity index (χ2v) is 8.08. The highest BCUT2D eigenvalue weighted by molar-refractivity contribution is 7.89. The zero-order chi connectivity index (χ0) is 17.0. The standard InChI is InChI=1S/C15H17N3O3S2/c1-11-7-8-22-14(11)10-16-17-15(19)12-5-4-6-13(9-12)23(20,21)18(2)3/h4-10H,1-3H3,(H,17,19)/b16-10-. The van der Waals surface area contributed by atoms with Gasteiger partial charge in [0.25, 0.3) is 5.91 Å². The molecule has 0 aliphatic rings. The van der Waals surface area contributed by atoms with Crippen molar-refractivity contribution in [1.29, 1.82) is 0 Å². The Morgan fingerprint density at radius 1 is 1.30 bits per heavy atom. The van der Waals surface area contributed by atoms with Crippen LogP contribution in [0.4, 0.5) is 0 Å². The van der Waals surface area contributed by atoms with E-state index < -0.39 is 15.9 Å². The van der Waals surface area contributed by atoms with Crippen LogP contribution in [0, 0.1) is 6.92 Å². The number of carbonyl (C=O) groups excluding carboxylic acids is 1. The molecule has 2 aromatic rings. The Morgan fingerprint density at radius 2 is 2.04 bits per heavy atom. The van der Waals surface area contributed by atoms with Crippen molar-refractivity contribution in [3.05, 3.63) is 51.7 Å². The molecule has 0 bridgehead atoms. The van der Waals surface area contributed by atoms with Crippen LogP contribution in [0.1, 0.15) is 20.8 Å². The lowest BCUT2D eigenvalue weighted by molar-refractivity contribution is 0.0955. The second kappa shape index (κ2) is 7.03. The number of nitrogens with one attached hydrogen (secondary N) is 1. The number of hydrogen-bond donors (Lipinski definition) is 1. The fourth-order valence-electron chi connectivity index (χ4n) is 1.74. The molecule has 1 heterocycles. The molecular weight excluding hydrogens is 334 g/mol. The molecule has 1 N–H and O–H groups in total. The highest BCUT2D eigenvalue weighted by atomic mass is 32.2. The number of hydrazone groups is 1. The van der Waals surface area contributed by atoms with E-state index in [1.165, 1.54) is 49.7 Å². The van der Waals surface area contributed by atoms with Gasteiger partial charge in [-0.25, -0.2) is 18.1 Å². The number of rotatable bonds is 5. The molecule has 0 spiro atoms. The first-order valence-corrected chi connectivity index (χ1v) is 9.04. The highest BCUT2D eigenvalue weighted by Crippen LogP contribution is 2.15. The molecule has 2 rings (SSSR count). The number of sulfonamides is 1. The van der Waals surface area contributed by atoms with Crippen LogP contribution in [0.5, 0.6) is 0 Å². The monoisotopic (exact) mass is 351 g/mol. The van der Waals surface area contributed by atoms with Crippen molar-refractivity contribution in [1.82, 2.24) is 9.73 Å². The van der Waals surface area contributed by atoms with E-state index in [2.05, 4.69) is 10.5 Å². The van der Waals surface area contributed by atoms with E-state index in [9.17, 15) is 13.2 Å². The molecule has 0 saturated carbocycles. The zero-order valence-electron chi connectivity index (χ0n) is 13.0. The molecule has 0 aliphatic heterocycles. The Labute approximate surface area is 139 Å². The molecule has 0 aliphatic carbocycles. The van der Waals surface area contributed by atoms with Gasteiger partial charge in [-0.05, 0) is 42.1 Å². The molecule has 6 nitrogen and oxygen atoms in total. The van der Waals surface area contributed by atoms with Crippen molar-refractivity contribution in [2.24, 2.45) is 5.10 Å². The first kappa shape index (κ1) is 17.3. The number of aryl methyl sites for hydroxylation is 1. The predicted molar refractivity (Wildman–Crippen MR) is 91.4 cm³/mol. The number of nitrogens with zero attached hydrogens (tertiary/aromatic N) is 2. The van der Waals surface area contributed by atoms with Gasteiger partial charge in [0.05, 0.1) is 11.1 Å². The Morgan fingerprint density at radius 3 is 2.65 bits per heavy atom. The first-order chi connectivity index (χ1) is 10.8. The minimum atomic E-state index is -3.58. The summed E-state index contributed by atoms with van der Waals surface area (Å²) in [6.45, 7) is 1.95. The fourth-order valence-corrected chi connectivity index (χ4v) is 3.47.